The highest BCUT2D eigenvalue weighted by Crippen LogP contribution is 2.33. The van der Waals surface area contributed by atoms with Gasteiger partial charge in [-0.25, -0.2) is 19.6 Å². The van der Waals surface area contributed by atoms with Crippen LogP contribution in [-0.2, 0) is 96.9 Å². The summed E-state index contributed by atoms with van der Waals surface area (Å²) in [4.78, 5) is 111. The first-order valence-corrected chi connectivity index (χ1v) is 35.8. The topological polar surface area (TPSA) is 672 Å². The fourth-order valence-electron chi connectivity index (χ4n) is 11.9. The lowest BCUT2D eigenvalue weighted by Gasteiger charge is -2.46. The van der Waals surface area contributed by atoms with Crippen LogP contribution in [0.1, 0.15) is 80.3 Å². The predicted molar refractivity (Wildman–Crippen MR) is 371 cm³/mol. The van der Waals surface area contributed by atoms with Gasteiger partial charge in [-0.05, 0) is 69.2 Å². The van der Waals surface area contributed by atoms with E-state index in [1.807, 2.05) is 4.90 Å². The summed E-state index contributed by atoms with van der Waals surface area (Å²) >= 11 is 0. The SMILES string of the molecule is CN(Cc1cnc2nc(N)nc(N)c2n1)c1ccc(C(=O)N[C@H](CCC(=O)OCCCCCC(=O)NCCOCCOC2O[C@@H](CO)[C@@H](O)[C@H](O)[C@@H]2O[C@H]2O[C@H](CO)[C@@H](O)[C@H](NOC=O)[C@@H]2O)C(=O)OCCCCCC(=O)NCCOCCOC2O[C@H](CO)[C@H](O)[C@@H](O)[C@H]2O[C@@H]2O[C@@H](CO)[C@H](O)C(OC(N)=O)[C@H]2O)cc1. The number of hydroxylamine groups is 1. The Morgan fingerprint density at radius 1 is 0.577 bits per heavy atom. The molecule has 7 rings (SSSR count). The van der Waals surface area contributed by atoms with Gasteiger partial charge in [0.2, 0.25) is 17.8 Å². The highest BCUT2D eigenvalue weighted by Gasteiger charge is 2.54. The molecule has 45 heteroatoms. The van der Waals surface area contributed by atoms with Gasteiger partial charge < -0.3 is 166 Å². The van der Waals surface area contributed by atoms with Crippen molar-refractivity contribution in [2.75, 3.05) is 116 Å². The molecule has 45 nitrogen and oxygen atoms in total. The molecule has 3 unspecified atom stereocenters. The van der Waals surface area contributed by atoms with E-state index in [9.17, 15) is 94.8 Å². The molecule has 624 valence electrons. The van der Waals surface area contributed by atoms with Crippen LogP contribution in [-0.4, -0.2) is 352 Å². The van der Waals surface area contributed by atoms with Crippen LogP contribution in [0.5, 0.6) is 0 Å². The van der Waals surface area contributed by atoms with Crippen molar-refractivity contribution in [1.82, 2.24) is 41.4 Å². The molecule has 4 fully saturated rings. The molecule has 0 saturated carbocycles. The third-order valence-corrected chi connectivity index (χ3v) is 17.9. The number of aliphatic hydroxyl groups is 12. The van der Waals surface area contributed by atoms with Crippen LogP contribution in [0.2, 0.25) is 0 Å². The Labute approximate surface area is 634 Å². The van der Waals surface area contributed by atoms with Crippen molar-refractivity contribution in [3.8, 4) is 0 Å². The molecule has 4 saturated heterocycles. The van der Waals surface area contributed by atoms with E-state index in [0.29, 0.717) is 49.9 Å². The van der Waals surface area contributed by atoms with Crippen molar-refractivity contribution in [2.45, 2.75) is 200 Å². The molecule has 1 aromatic carbocycles. The molecule has 0 spiro atoms. The minimum absolute atomic E-state index is 0.0106. The molecule has 2 aromatic heterocycles. The van der Waals surface area contributed by atoms with Gasteiger partial charge in [0.25, 0.3) is 5.91 Å². The van der Waals surface area contributed by atoms with Gasteiger partial charge in [-0.15, -0.1) is 5.48 Å². The molecule has 4 aliphatic heterocycles. The van der Waals surface area contributed by atoms with E-state index in [1.54, 1.807) is 31.3 Å². The summed E-state index contributed by atoms with van der Waals surface area (Å²) in [5.74, 6) is -2.74. The number of unbranched alkanes of at least 4 members (excludes halogenated alkanes) is 4. The van der Waals surface area contributed by atoms with Crippen LogP contribution in [0.15, 0.2) is 30.5 Å². The molecule has 0 bridgehead atoms. The van der Waals surface area contributed by atoms with Crippen molar-refractivity contribution in [1.29, 1.82) is 0 Å². The van der Waals surface area contributed by atoms with Crippen LogP contribution in [0.4, 0.5) is 22.2 Å². The second kappa shape index (κ2) is 46.4. The summed E-state index contributed by atoms with van der Waals surface area (Å²) in [6, 6.07) is 3.70. The van der Waals surface area contributed by atoms with Crippen molar-refractivity contribution >= 4 is 70.8 Å². The number of hydrogen-bond acceptors (Lipinski definition) is 41. The Morgan fingerprint density at radius 2 is 1.10 bits per heavy atom. The lowest BCUT2D eigenvalue weighted by atomic mass is 9.96. The van der Waals surface area contributed by atoms with Crippen LogP contribution in [0, 0.1) is 0 Å². The molecular weight excluding hydrogens is 1490 g/mol. The van der Waals surface area contributed by atoms with Crippen LogP contribution < -0.4 is 43.5 Å². The largest absolute Gasteiger partial charge is 0.466 e. The van der Waals surface area contributed by atoms with E-state index >= 15 is 0 Å². The first-order chi connectivity index (χ1) is 53.3. The van der Waals surface area contributed by atoms with Gasteiger partial charge >= 0.3 is 24.5 Å². The van der Waals surface area contributed by atoms with E-state index in [2.05, 4.69) is 46.2 Å². The second-order valence-corrected chi connectivity index (χ2v) is 25.9. The maximum absolute atomic E-state index is 13.7. The number of nitrogens with one attached hydrogen (secondary N) is 4. The number of hydrogen-bond donors (Lipinski definition) is 19. The Bertz CT molecular complexity index is 3370. The number of rotatable bonds is 47. The number of nitrogens with two attached hydrogens (primary N) is 3. The number of amides is 4. The van der Waals surface area contributed by atoms with Gasteiger partial charge in [0.05, 0.1) is 97.7 Å². The molecule has 0 radical (unpaired) electrons. The number of esters is 2. The lowest BCUT2D eigenvalue weighted by Crippen LogP contribution is -2.67. The molecule has 4 aliphatic rings. The molecule has 4 amide bonds. The maximum Gasteiger partial charge on any atom is 0.404 e. The number of carbonyl (C=O) groups excluding carboxylic acids is 7. The van der Waals surface area contributed by atoms with Crippen LogP contribution >= 0.6 is 0 Å². The number of carbonyl (C=O) groups is 7. The average molecular weight is 1590 g/mol. The Balaban J connectivity index is 0.795. The first kappa shape index (κ1) is 90.4. The zero-order valence-electron chi connectivity index (χ0n) is 60.7. The lowest BCUT2D eigenvalue weighted by molar-refractivity contribution is -0.367. The number of nitrogen functional groups attached to an aromatic ring is 2. The number of aromatic nitrogens is 4. The molecule has 0 aliphatic carbocycles. The third kappa shape index (κ3) is 27.2. The van der Waals surface area contributed by atoms with Crippen molar-refractivity contribution < 1.29 is 161 Å². The predicted octanol–water partition coefficient (Wildman–Crippen LogP) is -8.36. The minimum Gasteiger partial charge on any atom is -0.466 e. The van der Waals surface area contributed by atoms with Gasteiger partial charge in [-0.2, -0.15) is 9.97 Å². The van der Waals surface area contributed by atoms with Crippen LogP contribution in [0.3, 0.4) is 0 Å². The van der Waals surface area contributed by atoms with Gasteiger partial charge in [-0.3, -0.25) is 24.0 Å². The smallest absolute Gasteiger partial charge is 0.404 e. The molecule has 22 N–H and O–H groups in total. The van der Waals surface area contributed by atoms with E-state index in [0.717, 1.165) is 0 Å². The van der Waals surface area contributed by atoms with E-state index < -0.39 is 179 Å². The summed E-state index contributed by atoms with van der Waals surface area (Å²) in [7, 11) is 1.79. The molecule has 21 atom stereocenters. The fourth-order valence-corrected chi connectivity index (χ4v) is 11.9. The number of benzene rings is 1. The van der Waals surface area contributed by atoms with Crippen molar-refractivity contribution in [3.05, 3.63) is 41.7 Å². The normalized spacial score (nSPS) is 28.3. The fraction of sp³-hybridized carbons (Fsp3) is 0.712. The summed E-state index contributed by atoms with van der Waals surface area (Å²) in [5, 5.41) is 133. The Hall–Kier alpha value is -7.79. The monoisotopic (exact) mass is 1590 g/mol. The highest BCUT2D eigenvalue weighted by atomic mass is 16.8. The highest BCUT2D eigenvalue weighted by molar-refractivity contribution is 5.97. The van der Waals surface area contributed by atoms with E-state index in [1.165, 1.54) is 6.20 Å². The average Bonchev–Trinajstić information content (AvgIpc) is 0.790. The minimum atomic E-state index is -1.92. The van der Waals surface area contributed by atoms with E-state index in [-0.39, 0.29) is 145 Å². The second-order valence-electron chi connectivity index (χ2n) is 25.9. The summed E-state index contributed by atoms with van der Waals surface area (Å²) < 4.78 is 71.9. The number of fused-ring (bicyclic) bond motifs is 1. The molecule has 111 heavy (non-hydrogen) atoms. The summed E-state index contributed by atoms with van der Waals surface area (Å²) in [5.41, 5.74) is 20.8. The number of primary amides is 1. The maximum atomic E-state index is 13.7. The third-order valence-electron chi connectivity index (χ3n) is 17.9. The van der Waals surface area contributed by atoms with E-state index in [4.69, 9.17) is 78.8 Å². The first-order valence-electron chi connectivity index (χ1n) is 35.8. The zero-order chi connectivity index (χ0) is 80.7. The van der Waals surface area contributed by atoms with Gasteiger partial charge in [0, 0.05) is 50.7 Å². The molecule has 3 aromatic rings. The number of ether oxygens (including phenoxy) is 13. The molecule has 6 heterocycles. The Morgan fingerprint density at radius 3 is 1.64 bits per heavy atom. The standard InChI is InChI=1S/C66H102N12O33/c1-78(27-34-26-72-58-45(73-34)57(67)75-65(68)76-58)35-12-10-33(11-13-35)59(95)74-36(60(96)101-19-7-3-5-9-42(85)71-17-21-99-23-25-103-64-56(52(93)48(89)39(30-81)108-64)110-62-53(94)54(111-66(69)97)49(90)40(31-82)106-62)14-15-43(86)100-18-6-2-4-8-41(84)70-16-20-98-22-24-102-63-55(51(92)47(88)38(29-80)107-63)109-61-50(91)44(77-104-32-83)46(87)37(28-79)105-61/h10-13,26,32,36-40,44,46-56,61-64,77,79-82,87-94H,2-9,14-25,27-31H2,1H3,(H2,69,97)(H,70,84)(H,71,85)(H,74,95)(H4,67,68,72,75,76)/t36-,37-,38+,39-,40+,44+,46-,47-,48+,49+,50+,51+,52-,53-,54?,55+,56-,61-,62+,63?,64?/m1/s1. The van der Waals surface area contributed by atoms with Crippen molar-refractivity contribution in [3.63, 3.8) is 0 Å². The Kier molecular flexibility index (Phi) is 37.8. The van der Waals surface area contributed by atoms with Gasteiger partial charge in [0.1, 0.15) is 97.5 Å². The summed E-state index contributed by atoms with van der Waals surface area (Å²) in [6.45, 7) is -3.31. The van der Waals surface area contributed by atoms with Crippen LogP contribution in [0.25, 0.3) is 11.2 Å². The molecular formula is C66H102N12O33. The quantitative estimate of drug-likeness (QED) is 0.00821. The number of aliphatic hydroxyl groups excluding tert-OH is 12. The number of nitrogens with zero attached hydrogens (tertiary/aromatic N) is 5. The van der Waals surface area contributed by atoms with Gasteiger partial charge in [-0.1, -0.05) is 0 Å². The number of anilines is 3. The van der Waals surface area contributed by atoms with Crippen molar-refractivity contribution in [2.24, 2.45) is 5.73 Å². The van der Waals surface area contributed by atoms with Gasteiger partial charge in [0.15, 0.2) is 48.2 Å². The zero-order valence-corrected chi connectivity index (χ0v) is 60.7. The summed E-state index contributed by atoms with van der Waals surface area (Å²) in [6.07, 6.45) is -28.7.